The molecule has 0 bridgehead atoms. The Morgan fingerprint density at radius 2 is 0.870 bits per heavy atom. The number of aryl methyl sites for hydroxylation is 1. The van der Waals surface area contributed by atoms with Crippen LogP contribution in [0.15, 0.2) is 146 Å². The fourth-order valence-corrected chi connectivity index (χ4v) is 6.87. The van der Waals surface area contributed by atoms with Crippen LogP contribution in [0.5, 0.6) is 11.8 Å². The predicted molar refractivity (Wildman–Crippen MR) is 189 cm³/mol. The second-order valence-electron chi connectivity index (χ2n) is 11.7. The molecule has 4 nitrogen and oxygen atoms in total. The molecule has 1 aromatic heterocycles. The third-order valence-corrected chi connectivity index (χ3v) is 8.99. The lowest BCUT2D eigenvalue weighted by molar-refractivity contribution is 0.509. The molecule has 0 fully saturated rings. The standard InChI is InChI=1S/C41H27BN2O2/c1-26-24-25-33(30-19-9-8-18-29(26)30)36-31-20-10-12-22-34(31)37(35-23-13-11-21-32(35)36)42-45-40-41(46-42)44-39(28-16-6-3-7-17-28)38(43-40)27-14-4-2-5-15-27/h2-25H,1H3. The lowest BCUT2D eigenvalue weighted by Crippen LogP contribution is -2.40. The van der Waals surface area contributed by atoms with Crippen molar-refractivity contribution in [2.24, 2.45) is 0 Å². The van der Waals surface area contributed by atoms with Crippen molar-refractivity contribution in [1.82, 2.24) is 9.97 Å². The van der Waals surface area contributed by atoms with Crippen LogP contribution in [-0.2, 0) is 0 Å². The van der Waals surface area contributed by atoms with Gasteiger partial charge in [0.15, 0.2) is 0 Å². The van der Waals surface area contributed by atoms with E-state index in [0.29, 0.717) is 11.8 Å². The highest BCUT2D eigenvalue weighted by atomic mass is 16.6. The second kappa shape index (κ2) is 10.6. The summed E-state index contributed by atoms with van der Waals surface area (Å²) in [4.78, 5) is 10.1. The van der Waals surface area contributed by atoms with E-state index in [9.17, 15) is 0 Å². The van der Waals surface area contributed by atoms with Gasteiger partial charge < -0.3 is 9.31 Å². The van der Waals surface area contributed by atoms with Gasteiger partial charge in [0, 0.05) is 16.6 Å². The highest BCUT2D eigenvalue weighted by Gasteiger charge is 2.40. The minimum Gasteiger partial charge on any atom is -0.504 e. The number of rotatable bonds is 4. The Morgan fingerprint density at radius 3 is 1.39 bits per heavy atom. The third-order valence-electron chi connectivity index (χ3n) is 8.99. The second-order valence-corrected chi connectivity index (χ2v) is 11.7. The zero-order valence-electron chi connectivity index (χ0n) is 25.1. The normalized spacial score (nSPS) is 12.3. The van der Waals surface area contributed by atoms with Crippen molar-refractivity contribution >= 4 is 44.9 Å². The SMILES string of the molecule is Cc1ccc(-c2c3ccccc3c(B3Oc4nc(-c5ccccc5)c(-c5ccccc5)nc4O3)c3ccccc23)c2ccccc12. The summed E-state index contributed by atoms with van der Waals surface area (Å²) in [6.45, 7) is 2.17. The van der Waals surface area contributed by atoms with E-state index in [1.807, 2.05) is 60.7 Å². The minimum absolute atomic E-state index is 0.394. The first-order valence-corrected chi connectivity index (χ1v) is 15.5. The Kier molecular flexibility index (Phi) is 6.10. The van der Waals surface area contributed by atoms with Crippen molar-refractivity contribution in [3.8, 4) is 45.4 Å². The van der Waals surface area contributed by atoms with E-state index in [2.05, 4.69) is 91.9 Å². The van der Waals surface area contributed by atoms with Crippen LogP contribution in [0, 0.1) is 6.92 Å². The Hall–Kier alpha value is -5.94. The summed E-state index contributed by atoms with van der Waals surface area (Å²) in [7, 11) is -0.719. The molecule has 0 unspecified atom stereocenters. The van der Waals surface area contributed by atoms with E-state index in [1.165, 1.54) is 27.5 Å². The first kappa shape index (κ1) is 26.5. The van der Waals surface area contributed by atoms with Gasteiger partial charge in [-0.2, -0.15) is 0 Å². The maximum absolute atomic E-state index is 6.60. The van der Waals surface area contributed by atoms with Crippen LogP contribution in [-0.4, -0.2) is 17.1 Å². The van der Waals surface area contributed by atoms with Gasteiger partial charge in [0.1, 0.15) is 11.4 Å². The molecule has 0 aliphatic carbocycles. The molecular weight excluding hydrogens is 563 g/mol. The number of nitrogens with zero attached hydrogens (tertiary/aromatic N) is 2. The molecule has 0 saturated heterocycles. The lowest BCUT2D eigenvalue weighted by atomic mass is 9.71. The van der Waals surface area contributed by atoms with E-state index in [0.717, 1.165) is 49.5 Å². The summed E-state index contributed by atoms with van der Waals surface area (Å²) in [6, 6.07) is 50.5. The van der Waals surface area contributed by atoms with E-state index in [1.54, 1.807) is 0 Å². The minimum atomic E-state index is -0.719. The Bertz CT molecular complexity index is 2320. The lowest BCUT2D eigenvalue weighted by Gasteiger charge is -2.19. The smallest absolute Gasteiger partial charge is 0.504 e. The number of aromatic nitrogens is 2. The number of fused-ring (bicyclic) bond motifs is 4. The Morgan fingerprint density at radius 1 is 0.435 bits per heavy atom. The molecule has 0 spiro atoms. The zero-order valence-corrected chi connectivity index (χ0v) is 25.1. The highest BCUT2D eigenvalue weighted by Crippen LogP contribution is 2.42. The maximum atomic E-state index is 6.60. The molecule has 0 radical (unpaired) electrons. The molecule has 1 aliphatic rings. The molecule has 0 amide bonds. The molecule has 8 aromatic rings. The third kappa shape index (κ3) is 4.16. The van der Waals surface area contributed by atoms with Crippen LogP contribution in [0.2, 0.25) is 0 Å². The summed E-state index contributed by atoms with van der Waals surface area (Å²) in [5, 5.41) is 6.93. The van der Waals surface area contributed by atoms with E-state index < -0.39 is 7.12 Å². The molecule has 0 atom stereocenters. The summed E-state index contributed by atoms with van der Waals surface area (Å²) >= 11 is 0. The van der Waals surface area contributed by atoms with Crippen LogP contribution in [0.4, 0.5) is 0 Å². The van der Waals surface area contributed by atoms with Gasteiger partial charge in [0.2, 0.25) is 0 Å². The first-order valence-electron chi connectivity index (χ1n) is 15.5. The van der Waals surface area contributed by atoms with Crippen LogP contribution in [0.25, 0.3) is 66.0 Å². The highest BCUT2D eigenvalue weighted by molar-refractivity contribution is 6.70. The molecular formula is C41H27BN2O2. The van der Waals surface area contributed by atoms with Crippen molar-refractivity contribution in [2.45, 2.75) is 6.92 Å². The first-order chi connectivity index (χ1) is 22.7. The topological polar surface area (TPSA) is 44.2 Å². The summed E-state index contributed by atoms with van der Waals surface area (Å²) in [6.07, 6.45) is 0. The molecule has 5 heteroatoms. The van der Waals surface area contributed by atoms with Crippen LogP contribution >= 0.6 is 0 Å². The van der Waals surface area contributed by atoms with Crippen molar-refractivity contribution in [1.29, 1.82) is 0 Å². The molecule has 2 heterocycles. The largest absolute Gasteiger partial charge is 0.636 e. The molecule has 1 aliphatic heterocycles. The van der Waals surface area contributed by atoms with Gasteiger partial charge in [0.05, 0.1) is 0 Å². The van der Waals surface area contributed by atoms with Crippen molar-refractivity contribution in [3.05, 3.63) is 151 Å². The summed E-state index contributed by atoms with van der Waals surface area (Å²) < 4.78 is 13.2. The molecule has 216 valence electrons. The van der Waals surface area contributed by atoms with E-state index in [-0.39, 0.29) is 0 Å². The van der Waals surface area contributed by atoms with Crippen LogP contribution in [0.3, 0.4) is 0 Å². The van der Waals surface area contributed by atoms with Gasteiger partial charge in [-0.05, 0) is 55.9 Å². The molecule has 9 rings (SSSR count). The number of hydrogen-bond donors (Lipinski definition) is 0. The summed E-state index contributed by atoms with van der Waals surface area (Å²) in [5.74, 6) is 0.788. The van der Waals surface area contributed by atoms with Gasteiger partial charge >= 0.3 is 7.12 Å². The van der Waals surface area contributed by atoms with E-state index >= 15 is 0 Å². The molecule has 46 heavy (non-hydrogen) atoms. The quantitative estimate of drug-likeness (QED) is 0.151. The monoisotopic (exact) mass is 590 g/mol. The van der Waals surface area contributed by atoms with Gasteiger partial charge in [-0.1, -0.05) is 146 Å². The fourth-order valence-electron chi connectivity index (χ4n) is 6.87. The van der Waals surface area contributed by atoms with Gasteiger partial charge in [-0.3, -0.25) is 0 Å². The van der Waals surface area contributed by atoms with Crippen molar-refractivity contribution in [2.75, 3.05) is 0 Å². The molecule has 0 saturated carbocycles. The van der Waals surface area contributed by atoms with E-state index in [4.69, 9.17) is 19.3 Å². The van der Waals surface area contributed by atoms with Crippen LogP contribution in [0.1, 0.15) is 5.56 Å². The molecule has 0 N–H and O–H groups in total. The van der Waals surface area contributed by atoms with Crippen molar-refractivity contribution < 1.29 is 9.31 Å². The number of benzene rings is 7. The Balaban J connectivity index is 1.26. The van der Waals surface area contributed by atoms with Crippen molar-refractivity contribution in [3.63, 3.8) is 0 Å². The average Bonchev–Trinajstić information content (AvgIpc) is 3.54. The fraction of sp³-hybridized carbons (Fsp3) is 0.0244. The van der Waals surface area contributed by atoms with Gasteiger partial charge in [-0.15, -0.1) is 0 Å². The van der Waals surface area contributed by atoms with Gasteiger partial charge in [0.25, 0.3) is 11.8 Å². The molecule has 7 aromatic carbocycles. The van der Waals surface area contributed by atoms with Crippen LogP contribution < -0.4 is 14.8 Å². The maximum Gasteiger partial charge on any atom is 0.636 e. The average molecular weight is 590 g/mol. The number of hydrogen-bond acceptors (Lipinski definition) is 4. The zero-order chi connectivity index (χ0) is 30.6. The summed E-state index contributed by atoms with van der Waals surface area (Å²) in [5.41, 5.74) is 8.09. The van der Waals surface area contributed by atoms with Gasteiger partial charge in [-0.25, -0.2) is 9.97 Å². The predicted octanol–water partition coefficient (Wildman–Crippen LogP) is 9.41. The Labute approximate surface area is 267 Å².